The smallest absolute Gasteiger partial charge is 0.267 e. The third-order valence-corrected chi connectivity index (χ3v) is 7.57. The molecule has 31 heavy (non-hydrogen) atoms. The summed E-state index contributed by atoms with van der Waals surface area (Å²) in [7, 11) is -1.65. The predicted octanol–water partition coefficient (Wildman–Crippen LogP) is 2.35. The van der Waals surface area contributed by atoms with Gasteiger partial charge in [0.15, 0.2) is 0 Å². The van der Waals surface area contributed by atoms with Crippen molar-refractivity contribution in [3.8, 4) is 0 Å². The first-order chi connectivity index (χ1) is 14.8. The van der Waals surface area contributed by atoms with Crippen LogP contribution < -0.4 is 5.56 Å². The Kier molecular flexibility index (Phi) is 6.04. The quantitative estimate of drug-likeness (QED) is 0.661. The van der Waals surface area contributed by atoms with Crippen molar-refractivity contribution < 1.29 is 8.42 Å². The van der Waals surface area contributed by atoms with Crippen molar-refractivity contribution in [1.82, 2.24) is 19.4 Å². The monoisotopic (exact) mass is 438 g/mol. The third kappa shape index (κ3) is 4.61. The Bertz CT molecular complexity index is 1210. The second-order valence-electron chi connectivity index (χ2n) is 7.99. The molecule has 0 spiro atoms. The van der Waals surface area contributed by atoms with Crippen LogP contribution in [-0.2, 0) is 16.4 Å². The first kappa shape index (κ1) is 21.4. The van der Waals surface area contributed by atoms with Gasteiger partial charge >= 0.3 is 0 Å². The van der Waals surface area contributed by atoms with Crippen LogP contribution in [0.15, 0.2) is 70.4 Å². The fourth-order valence-electron chi connectivity index (χ4n) is 3.96. The van der Waals surface area contributed by atoms with Crippen LogP contribution in [0.4, 0.5) is 0 Å². The molecule has 1 aliphatic rings. The highest BCUT2D eigenvalue weighted by Gasteiger charge is 2.36. The van der Waals surface area contributed by atoms with Gasteiger partial charge in [-0.15, -0.1) is 0 Å². The van der Waals surface area contributed by atoms with Crippen molar-refractivity contribution in [2.45, 2.75) is 24.3 Å². The second kappa shape index (κ2) is 8.74. The van der Waals surface area contributed by atoms with Gasteiger partial charge in [-0.05, 0) is 43.3 Å². The van der Waals surface area contributed by atoms with Gasteiger partial charge < -0.3 is 4.90 Å². The van der Waals surface area contributed by atoms with Crippen molar-refractivity contribution >= 4 is 10.0 Å². The van der Waals surface area contributed by atoms with Crippen molar-refractivity contribution in [2.75, 3.05) is 26.7 Å². The topological polar surface area (TPSA) is 86.4 Å². The summed E-state index contributed by atoms with van der Waals surface area (Å²) < 4.78 is 28.6. The summed E-state index contributed by atoms with van der Waals surface area (Å²) in [5.41, 5.74) is 2.96. The van der Waals surface area contributed by atoms with Gasteiger partial charge in [-0.2, -0.15) is 9.40 Å². The molecule has 1 aliphatic heterocycles. The van der Waals surface area contributed by atoms with Gasteiger partial charge in [0.25, 0.3) is 5.56 Å². The number of nitrogens with one attached hydrogen (secondary N) is 1. The second-order valence-corrected chi connectivity index (χ2v) is 9.88. The highest BCUT2D eigenvalue weighted by atomic mass is 32.2. The van der Waals surface area contributed by atoms with Crippen LogP contribution in [0.2, 0.25) is 0 Å². The maximum absolute atomic E-state index is 13.5. The molecule has 1 atom stereocenters. The van der Waals surface area contributed by atoms with Gasteiger partial charge in [-0.1, -0.05) is 42.5 Å². The zero-order chi connectivity index (χ0) is 22.0. The zero-order valence-corrected chi connectivity index (χ0v) is 18.5. The molecule has 1 fully saturated rings. The molecule has 3 aromatic rings. The number of piperazine rings is 1. The molecule has 0 aliphatic carbocycles. The van der Waals surface area contributed by atoms with E-state index in [-0.39, 0.29) is 16.5 Å². The molecule has 1 saturated heterocycles. The Labute approximate surface area is 182 Å². The average Bonchev–Trinajstić information content (AvgIpc) is 2.77. The molecule has 8 heteroatoms. The van der Waals surface area contributed by atoms with E-state index in [0.29, 0.717) is 31.6 Å². The van der Waals surface area contributed by atoms with Crippen LogP contribution in [-0.4, -0.2) is 54.5 Å². The molecule has 1 N–H and O–H groups in total. The van der Waals surface area contributed by atoms with Crippen LogP contribution in [0.25, 0.3) is 0 Å². The molecule has 0 saturated carbocycles. The van der Waals surface area contributed by atoms with E-state index in [9.17, 15) is 13.2 Å². The van der Waals surface area contributed by atoms with Crippen molar-refractivity contribution in [1.29, 1.82) is 0 Å². The third-order valence-electron chi connectivity index (χ3n) is 5.65. The van der Waals surface area contributed by atoms with E-state index < -0.39 is 10.0 Å². The minimum atomic E-state index is -3.66. The predicted molar refractivity (Wildman–Crippen MR) is 119 cm³/mol. The minimum Gasteiger partial charge on any atom is -0.303 e. The number of aromatic nitrogens is 2. The summed E-state index contributed by atoms with van der Waals surface area (Å²) >= 11 is 0. The molecule has 162 valence electrons. The molecular weight excluding hydrogens is 412 g/mol. The summed E-state index contributed by atoms with van der Waals surface area (Å²) in [6, 6.07) is 18.1. The number of hydrogen-bond acceptors (Lipinski definition) is 5. The molecule has 0 radical (unpaired) electrons. The standard InChI is InChI=1S/C23H26N4O3S/c1-17-14-20(23(28)25-24-17)15-18-8-10-21(11-9-18)31(29,30)27-13-12-26(2)16-22(27)19-6-4-3-5-7-19/h3-11,14,22H,12-13,15-16H2,1-2H3,(H,25,28)/t22-/m0/s1. The lowest BCUT2D eigenvalue weighted by atomic mass is 10.1. The maximum atomic E-state index is 13.5. The van der Waals surface area contributed by atoms with Gasteiger partial charge in [-0.3, -0.25) is 4.79 Å². The van der Waals surface area contributed by atoms with Gasteiger partial charge in [0, 0.05) is 31.6 Å². The van der Waals surface area contributed by atoms with Crippen LogP contribution in [0, 0.1) is 6.92 Å². The number of sulfonamides is 1. The Morgan fingerprint density at radius 2 is 1.77 bits per heavy atom. The summed E-state index contributed by atoms with van der Waals surface area (Å²) in [6.07, 6.45) is 0.417. The van der Waals surface area contributed by atoms with Gasteiger partial charge in [-0.25, -0.2) is 13.5 Å². The van der Waals surface area contributed by atoms with Crippen LogP contribution >= 0.6 is 0 Å². The number of hydrogen-bond donors (Lipinski definition) is 1. The Morgan fingerprint density at radius 1 is 1.06 bits per heavy atom. The molecule has 2 heterocycles. The summed E-state index contributed by atoms with van der Waals surface area (Å²) in [5.74, 6) is 0. The molecule has 2 aromatic carbocycles. The van der Waals surface area contributed by atoms with Crippen LogP contribution in [0.3, 0.4) is 0 Å². The van der Waals surface area contributed by atoms with Gasteiger partial charge in [0.2, 0.25) is 10.0 Å². The fraction of sp³-hybridized carbons (Fsp3) is 0.304. The van der Waals surface area contributed by atoms with E-state index in [0.717, 1.165) is 16.8 Å². The molecule has 7 nitrogen and oxygen atoms in total. The number of benzene rings is 2. The molecule has 1 aromatic heterocycles. The Hall–Kier alpha value is -2.81. The van der Waals surface area contributed by atoms with E-state index in [2.05, 4.69) is 15.1 Å². The average molecular weight is 439 g/mol. The highest BCUT2D eigenvalue weighted by molar-refractivity contribution is 7.89. The normalized spacial score (nSPS) is 18.2. The molecule has 0 unspecified atom stereocenters. The van der Waals surface area contributed by atoms with E-state index in [4.69, 9.17) is 0 Å². The fourth-order valence-corrected chi connectivity index (χ4v) is 5.56. The van der Waals surface area contributed by atoms with Crippen LogP contribution in [0.1, 0.15) is 28.4 Å². The largest absolute Gasteiger partial charge is 0.303 e. The lowest BCUT2D eigenvalue weighted by Crippen LogP contribution is -2.49. The number of nitrogens with zero attached hydrogens (tertiary/aromatic N) is 3. The van der Waals surface area contributed by atoms with Gasteiger partial charge in [0.1, 0.15) is 0 Å². The number of likely N-dealkylation sites (N-methyl/N-ethyl adjacent to an activating group) is 1. The summed E-state index contributed by atoms with van der Waals surface area (Å²) in [5, 5.41) is 6.37. The SMILES string of the molecule is Cc1cc(Cc2ccc(S(=O)(=O)N3CCN(C)C[C@H]3c3ccccc3)cc2)c(=O)[nH]n1. The summed E-state index contributed by atoms with van der Waals surface area (Å²) in [6.45, 7) is 3.58. The number of rotatable bonds is 5. The molecule has 0 bridgehead atoms. The highest BCUT2D eigenvalue weighted by Crippen LogP contribution is 2.31. The van der Waals surface area contributed by atoms with E-state index in [1.54, 1.807) is 34.6 Å². The number of aryl methyl sites for hydroxylation is 1. The Balaban J connectivity index is 1.60. The van der Waals surface area contributed by atoms with Crippen molar-refractivity contribution in [2.24, 2.45) is 0 Å². The zero-order valence-electron chi connectivity index (χ0n) is 17.7. The first-order valence-corrected chi connectivity index (χ1v) is 11.7. The number of H-pyrrole nitrogens is 1. The lowest BCUT2D eigenvalue weighted by molar-refractivity contribution is 0.160. The van der Waals surface area contributed by atoms with E-state index in [1.807, 2.05) is 44.3 Å². The number of aromatic amines is 1. The van der Waals surface area contributed by atoms with Crippen LogP contribution in [0.5, 0.6) is 0 Å². The Morgan fingerprint density at radius 3 is 2.48 bits per heavy atom. The molecule has 0 amide bonds. The minimum absolute atomic E-state index is 0.231. The van der Waals surface area contributed by atoms with Gasteiger partial charge in [0.05, 0.1) is 16.6 Å². The first-order valence-electron chi connectivity index (χ1n) is 10.2. The lowest BCUT2D eigenvalue weighted by Gasteiger charge is -2.39. The maximum Gasteiger partial charge on any atom is 0.267 e. The molecular formula is C23H26N4O3S. The molecule has 4 rings (SSSR count). The summed E-state index contributed by atoms with van der Waals surface area (Å²) in [4.78, 5) is 14.4. The van der Waals surface area contributed by atoms with E-state index in [1.165, 1.54) is 0 Å². The van der Waals surface area contributed by atoms with E-state index >= 15 is 0 Å². The van der Waals surface area contributed by atoms with Crippen molar-refractivity contribution in [3.63, 3.8) is 0 Å². The van der Waals surface area contributed by atoms with Crippen molar-refractivity contribution in [3.05, 3.63) is 93.4 Å².